The lowest BCUT2D eigenvalue weighted by Crippen LogP contribution is -2.15. The summed E-state index contributed by atoms with van der Waals surface area (Å²) in [6, 6.07) is 31.5. The zero-order valence-corrected chi connectivity index (χ0v) is 16.8. The fraction of sp³-hybridized carbons (Fsp3) is 0.154. The molecule has 0 aromatic heterocycles. The molecule has 0 saturated carbocycles. The predicted molar refractivity (Wildman–Crippen MR) is 120 cm³/mol. The minimum atomic E-state index is 0.0736. The first kappa shape index (κ1) is 18.9. The summed E-state index contributed by atoms with van der Waals surface area (Å²) in [7, 11) is 3.37. The highest BCUT2D eigenvalue weighted by molar-refractivity contribution is 5.86. The predicted octanol–water partition coefficient (Wildman–Crippen LogP) is 6.25. The normalized spacial score (nSPS) is 11.8. The van der Waals surface area contributed by atoms with E-state index in [0.717, 1.165) is 23.6 Å². The van der Waals surface area contributed by atoms with Crippen molar-refractivity contribution in [2.45, 2.75) is 12.5 Å². The molecule has 0 radical (unpaired) electrons. The van der Waals surface area contributed by atoms with Crippen molar-refractivity contribution in [3.8, 4) is 11.5 Å². The van der Waals surface area contributed by atoms with Gasteiger partial charge in [-0.3, -0.25) is 0 Å². The van der Waals surface area contributed by atoms with E-state index in [-0.39, 0.29) is 6.04 Å². The maximum Gasteiger partial charge on any atom is 0.142 e. The smallest absolute Gasteiger partial charge is 0.142 e. The molecule has 0 spiro atoms. The first-order valence-electron chi connectivity index (χ1n) is 9.78. The number of benzene rings is 4. The van der Waals surface area contributed by atoms with Crippen LogP contribution in [0.25, 0.3) is 10.8 Å². The van der Waals surface area contributed by atoms with Crippen LogP contribution in [0.2, 0.25) is 0 Å². The van der Waals surface area contributed by atoms with Crippen LogP contribution in [-0.4, -0.2) is 14.2 Å². The second-order valence-electron chi connectivity index (χ2n) is 7.02. The molecule has 0 aliphatic heterocycles. The topological polar surface area (TPSA) is 30.5 Å². The highest BCUT2D eigenvalue weighted by atomic mass is 16.5. The fourth-order valence-corrected chi connectivity index (χ4v) is 3.76. The zero-order chi connectivity index (χ0) is 20.1. The summed E-state index contributed by atoms with van der Waals surface area (Å²) < 4.78 is 11.0. The van der Waals surface area contributed by atoms with Gasteiger partial charge in [-0.1, -0.05) is 72.8 Å². The third kappa shape index (κ3) is 4.19. The van der Waals surface area contributed by atoms with Gasteiger partial charge in [0.25, 0.3) is 0 Å². The van der Waals surface area contributed by atoms with Gasteiger partial charge in [0.15, 0.2) is 0 Å². The third-order valence-corrected chi connectivity index (χ3v) is 5.22. The monoisotopic (exact) mass is 383 g/mol. The maximum absolute atomic E-state index is 5.60. The van der Waals surface area contributed by atoms with Crippen LogP contribution in [0.1, 0.15) is 17.2 Å². The SMILES string of the molecule is COc1ccc(OC)c(N[C@H](Cc2ccccc2)c2cccc3ccccc23)c1. The molecule has 0 heterocycles. The third-order valence-electron chi connectivity index (χ3n) is 5.22. The number of rotatable bonds is 7. The quantitative estimate of drug-likeness (QED) is 0.409. The van der Waals surface area contributed by atoms with Crippen LogP contribution in [0.15, 0.2) is 91.0 Å². The van der Waals surface area contributed by atoms with E-state index < -0.39 is 0 Å². The standard InChI is InChI=1S/C26H25NO2/c1-28-21-15-16-26(29-2)25(18-21)27-24(17-19-9-4-3-5-10-19)23-14-8-12-20-11-6-7-13-22(20)23/h3-16,18,24,27H,17H2,1-2H3/t24-/m1/s1. The van der Waals surface area contributed by atoms with E-state index in [0.29, 0.717) is 0 Å². The number of hydrogen-bond acceptors (Lipinski definition) is 3. The van der Waals surface area contributed by atoms with Crippen LogP contribution in [0.5, 0.6) is 11.5 Å². The highest BCUT2D eigenvalue weighted by Crippen LogP contribution is 2.35. The maximum atomic E-state index is 5.60. The summed E-state index contributed by atoms with van der Waals surface area (Å²) in [4.78, 5) is 0. The molecular formula is C26H25NO2. The molecule has 1 N–H and O–H groups in total. The van der Waals surface area contributed by atoms with Crippen molar-refractivity contribution in [2.75, 3.05) is 19.5 Å². The van der Waals surface area contributed by atoms with Gasteiger partial charge in [-0.15, -0.1) is 0 Å². The Morgan fingerprint density at radius 1 is 0.759 bits per heavy atom. The minimum absolute atomic E-state index is 0.0736. The van der Waals surface area contributed by atoms with Gasteiger partial charge in [0.1, 0.15) is 11.5 Å². The Kier molecular flexibility index (Phi) is 5.66. The second kappa shape index (κ2) is 8.70. The second-order valence-corrected chi connectivity index (χ2v) is 7.02. The molecule has 1 atom stereocenters. The van der Waals surface area contributed by atoms with Gasteiger partial charge in [0.05, 0.1) is 25.9 Å². The number of fused-ring (bicyclic) bond motifs is 1. The lowest BCUT2D eigenvalue weighted by atomic mass is 9.93. The molecule has 0 fully saturated rings. The first-order valence-corrected chi connectivity index (χ1v) is 9.78. The van der Waals surface area contributed by atoms with E-state index in [1.807, 2.05) is 18.2 Å². The fourth-order valence-electron chi connectivity index (χ4n) is 3.76. The molecule has 4 aromatic carbocycles. The molecule has 4 rings (SSSR count). The van der Waals surface area contributed by atoms with Crippen LogP contribution >= 0.6 is 0 Å². The molecule has 0 saturated heterocycles. The molecule has 0 unspecified atom stereocenters. The average molecular weight is 383 g/mol. The van der Waals surface area contributed by atoms with E-state index in [4.69, 9.17) is 9.47 Å². The van der Waals surface area contributed by atoms with E-state index in [2.05, 4.69) is 78.1 Å². The van der Waals surface area contributed by atoms with Crippen LogP contribution < -0.4 is 14.8 Å². The van der Waals surface area contributed by atoms with Crippen LogP contribution in [0, 0.1) is 0 Å². The summed E-state index contributed by atoms with van der Waals surface area (Å²) in [6.07, 6.45) is 0.856. The average Bonchev–Trinajstić information content (AvgIpc) is 2.79. The lowest BCUT2D eigenvalue weighted by Gasteiger charge is -2.24. The molecular weight excluding hydrogens is 358 g/mol. The summed E-state index contributed by atoms with van der Waals surface area (Å²) in [5.41, 5.74) is 3.46. The van der Waals surface area contributed by atoms with Crippen molar-refractivity contribution in [1.29, 1.82) is 0 Å². The van der Waals surface area contributed by atoms with Crippen molar-refractivity contribution in [1.82, 2.24) is 0 Å². The van der Waals surface area contributed by atoms with E-state index in [9.17, 15) is 0 Å². The van der Waals surface area contributed by atoms with Crippen molar-refractivity contribution < 1.29 is 9.47 Å². The first-order chi connectivity index (χ1) is 14.3. The van der Waals surface area contributed by atoms with Crippen LogP contribution in [0.4, 0.5) is 5.69 Å². The van der Waals surface area contributed by atoms with Crippen molar-refractivity contribution in [2.24, 2.45) is 0 Å². The minimum Gasteiger partial charge on any atom is -0.497 e. The molecule has 4 aromatic rings. The van der Waals surface area contributed by atoms with Gasteiger partial charge in [-0.2, -0.15) is 0 Å². The number of methoxy groups -OCH3 is 2. The number of anilines is 1. The summed E-state index contributed by atoms with van der Waals surface area (Å²) in [6.45, 7) is 0. The largest absolute Gasteiger partial charge is 0.497 e. The van der Waals surface area contributed by atoms with Crippen molar-refractivity contribution in [3.63, 3.8) is 0 Å². The Labute approximate surface area is 171 Å². The molecule has 0 aliphatic rings. The van der Waals surface area contributed by atoms with Gasteiger partial charge >= 0.3 is 0 Å². The molecule has 0 amide bonds. The number of hydrogen-bond donors (Lipinski definition) is 1. The Hall–Kier alpha value is -3.46. The number of ether oxygens (including phenoxy) is 2. The Bertz CT molecular complexity index is 1090. The lowest BCUT2D eigenvalue weighted by molar-refractivity contribution is 0.404. The van der Waals surface area contributed by atoms with Crippen LogP contribution in [0.3, 0.4) is 0 Å². The highest BCUT2D eigenvalue weighted by Gasteiger charge is 2.17. The summed E-state index contributed by atoms with van der Waals surface area (Å²) in [5.74, 6) is 1.59. The molecule has 0 bridgehead atoms. The Morgan fingerprint density at radius 3 is 2.31 bits per heavy atom. The van der Waals surface area contributed by atoms with Crippen molar-refractivity contribution in [3.05, 3.63) is 102 Å². The summed E-state index contributed by atoms with van der Waals surface area (Å²) >= 11 is 0. The van der Waals surface area contributed by atoms with E-state index in [1.165, 1.54) is 21.9 Å². The summed E-state index contributed by atoms with van der Waals surface area (Å²) in [5, 5.41) is 6.22. The number of nitrogens with one attached hydrogen (secondary N) is 1. The molecule has 0 aliphatic carbocycles. The van der Waals surface area contributed by atoms with E-state index >= 15 is 0 Å². The Balaban J connectivity index is 1.79. The molecule has 3 nitrogen and oxygen atoms in total. The molecule has 3 heteroatoms. The zero-order valence-electron chi connectivity index (χ0n) is 16.8. The van der Waals surface area contributed by atoms with Gasteiger partial charge in [-0.25, -0.2) is 0 Å². The van der Waals surface area contributed by atoms with Gasteiger partial charge in [0, 0.05) is 6.07 Å². The molecule has 29 heavy (non-hydrogen) atoms. The van der Waals surface area contributed by atoms with Crippen molar-refractivity contribution >= 4 is 16.5 Å². The molecule has 146 valence electrons. The van der Waals surface area contributed by atoms with Crippen LogP contribution in [-0.2, 0) is 6.42 Å². The van der Waals surface area contributed by atoms with E-state index in [1.54, 1.807) is 14.2 Å². The van der Waals surface area contributed by atoms with Gasteiger partial charge in [0.2, 0.25) is 0 Å². The Morgan fingerprint density at radius 2 is 1.52 bits per heavy atom. The van der Waals surface area contributed by atoms with Gasteiger partial charge in [-0.05, 0) is 40.5 Å². The van der Waals surface area contributed by atoms with Gasteiger partial charge < -0.3 is 14.8 Å².